The number of carbonyl (C=O) groups is 1. The van der Waals surface area contributed by atoms with Gasteiger partial charge in [-0.3, -0.25) is 0 Å². The molecule has 0 unspecified atom stereocenters. The van der Waals surface area contributed by atoms with E-state index in [4.69, 9.17) is 10.5 Å². The van der Waals surface area contributed by atoms with Gasteiger partial charge in [-0.05, 0) is 42.7 Å². The summed E-state index contributed by atoms with van der Waals surface area (Å²) in [5.41, 5.74) is 7.92. The van der Waals surface area contributed by atoms with Crippen LogP contribution in [0.4, 0.5) is 5.69 Å². The minimum atomic E-state index is -0.419. The maximum Gasteiger partial charge on any atom is 0.345 e. The van der Waals surface area contributed by atoms with Crippen molar-refractivity contribution in [2.75, 3.05) is 5.73 Å². The van der Waals surface area contributed by atoms with E-state index in [9.17, 15) is 4.79 Å². The van der Waals surface area contributed by atoms with E-state index in [0.717, 1.165) is 6.42 Å². The van der Waals surface area contributed by atoms with Crippen molar-refractivity contribution in [2.24, 2.45) is 0 Å². The van der Waals surface area contributed by atoms with Gasteiger partial charge >= 0.3 is 5.97 Å². The Morgan fingerprint density at radius 3 is 2.20 bits per heavy atom. The molecule has 0 aromatic heterocycles. The Kier molecular flexibility index (Phi) is 8.03. The molecular weight excluding hydrogens is 310 g/mol. The fraction of sp³-hybridized carbons (Fsp3) is 0.409. The van der Waals surface area contributed by atoms with E-state index in [1.807, 2.05) is 24.3 Å². The van der Waals surface area contributed by atoms with Crippen LogP contribution in [0.3, 0.4) is 0 Å². The van der Waals surface area contributed by atoms with Crippen molar-refractivity contribution >= 4 is 11.7 Å². The van der Waals surface area contributed by atoms with Crippen LogP contribution < -0.4 is 10.5 Å². The normalized spacial score (nSPS) is 10.6. The number of rotatable bonds is 10. The topological polar surface area (TPSA) is 52.3 Å². The first kappa shape index (κ1) is 19.0. The second-order valence-corrected chi connectivity index (χ2v) is 6.49. The lowest BCUT2D eigenvalue weighted by Gasteiger charge is -2.07. The second-order valence-electron chi connectivity index (χ2n) is 6.49. The minimum absolute atomic E-state index is 0.398. The van der Waals surface area contributed by atoms with Gasteiger partial charge < -0.3 is 10.5 Å². The summed E-state index contributed by atoms with van der Waals surface area (Å²) in [6, 6.07) is 14.7. The first-order valence-electron chi connectivity index (χ1n) is 9.36. The number of nitrogen functional groups attached to an aromatic ring is 1. The van der Waals surface area contributed by atoms with Crippen LogP contribution in [0.25, 0.3) is 0 Å². The van der Waals surface area contributed by atoms with E-state index in [2.05, 4.69) is 6.92 Å². The van der Waals surface area contributed by atoms with Crippen LogP contribution in [0.1, 0.15) is 67.8 Å². The monoisotopic (exact) mass is 339 g/mol. The lowest BCUT2D eigenvalue weighted by Crippen LogP contribution is -2.10. The van der Waals surface area contributed by atoms with Gasteiger partial charge in [0.25, 0.3) is 0 Å². The van der Waals surface area contributed by atoms with Gasteiger partial charge in [0.05, 0.1) is 5.56 Å². The fourth-order valence-corrected chi connectivity index (χ4v) is 2.86. The number of nitrogens with two attached hydrogens (primary N) is 1. The maximum absolute atomic E-state index is 12.1. The zero-order chi connectivity index (χ0) is 17.9. The summed E-state index contributed by atoms with van der Waals surface area (Å²) in [5, 5.41) is 0. The van der Waals surface area contributed by atoms with Crippen molar-refractivity contribution in [1.29, 1.82) is 0 Å². The van der Waals surface area contributed by atoms with Crippen LogP contribution in [0.2, 0.25) is 0 Å². The Balaban J connectivity index is 1.74. The Bertz CT molecular complexity index is 649. The zero-order valence-electron chi connectivity index (χ0n) is 15.2. The molecule has 0 atom stereocenters. The van der Waals surface area contributed by atoms with Crippen LogP contribution in [0, 0.1) is 0 Å². The minimum Gasteiger partial charge on any atom is -0.423 e. The molecule has 0 aliphatic heterocycles. The van der Waals surface area contributed by atoms with E-state index in [1.54, 1.807) is 24.3 Å². The molecule has 0 aliphatic rings. The number of esters is 1. The molecule has 3 heteroatoms. The molecule has 0 heterocycles. The molecular formula is C22H29NO2. The van der Waals surface area contributed by atoms with Gasteiger partial charge in [-0.1, -0.05) is 69.7 Å². The summed E-state index contributed by atoms with van der Waals surface area (Å²) in [4.78, 5) is 12.1. The summed E-state index contributed by atoms with van der Waals surface area (Å²) in [6.07, 6.45) is 10.3. The van der Waals surface area contributed by atoms with Crippen molar-refractivity contribution in [1.82, 2.24) is 0 Å². The average Bonchev–Trinajstić information content (AvgIpc) is 2.62. The molecule has 0 radical (unpaired) electrons. The molecule has 2 N–H and O–H groups in total. The summed E-state index contributed by atoms with van der Waals surface area (Å²) >= 11 is 0. The highest BCUT2D eigenvalue weighted by molar-refractivity contribution is 5.96. The predicted molar refractivity (Wildman–Crippen MR) is 104 cm³/mol. The number of ether oxygens (including phenoxy) is 1. The first-order valence-corrected chi connectivity index (χ1v) is 9.36. The summed E-state index contributed by atoms with van der Waals surface area (Å²) in [6.45, 7) is 2.25. The van der Waals surface area contributed by atoms with Gasteiger partial charge in [-0.15, -0.1) is 0 Å². The van der Waals surface area contributed by atoms with E-state index < -0.39 is 5.97 Å². The van der Waals surface area contributed by atoms with Gasteiger partial charge in [-0.2, -0.15) is 0 Å². The van der Waals surface area contributed by atoms with E-state index in [-0.39, 0.29) is 0 Å². The highest BCUT2D eigenvalue weighted by Gasteiger charge is 2.11. The second kappa shape index (κ2) is 10.5. The molecule has 0 amide bonds. The van der Waals surface area contributed by atoms with Crippen LogP contribution >= 0.6 is 0 Å². The molecule has 3 nitrogen and oxygen atoms in total. The standard InChI is InChI=1S/C22H29NO2/c1-2-3-4-5-6-7-8-11-18-14-16-19(17-15-18)25-22(24)20-12-9-10-13-21(20)23/h9-10,12-17H,2-8,11,23H2,1H3. The first-order chi connectivity index (χ1) is 12.2. The van der Waals surface area contributed by atoms with Gasteiger partial charge in [0.15, 0.2) is 0 Å². The Morgan fingerprint density at radius 1 is 0.880 bits per heavy atom. The maximum atomic E-state index is 12.1. The van der Waals surface area contributed by atoms with Gasteiger partial charge in [-0.25, -0.2) is 4.79 Å². The Labute approximate surface area is 151 Å². The number of hydrogen-bond donors (Lipinski definition) is 1. The smallest absolute Gasteiger partial charge is 0.345 e. The molecule has 0 spiro atoms. The van der Waals surface area contributed by atoms with Crippen LogP contribution in [0.15, 0.2) is 48.5 Å². The summed E-state index contributed by atoms with van der Waals surface area (Å²) < 4.78 is 5.40. The third-order valence-electron chi connectivity index (χ3n) is 4.38. The lowest BCUT2D eigenvalue weighted by atomic mass is 10.0. The number of aryl methyl sites for hydroxylation is 1. The predicted octanol–water partition coefficient (Wildman–Crippen LogP) is 5.78. The molecule has 0 saturated carbocycles. The van der Waals surface area contributed by atoms with Crippen molar-refractivity contribution in [3.05, 3.63) is 59.7 Å². The molecule has 0 aliphatic carbocycles. The Hall–Kier alpha value is -2.29. The average molecular weight is 339 g/mol. The molecule has 25 heavy (non-hydrogen) atoms. The summed E-state index contributed by atoms with van der Waals surface area (Å²) in [5.74, 6) is 0.134. The lowest BCUT2D eigenvalue weighted by molar-refractivity contribution is 0.0736. The molecule has 0 bridgehead atoms. The van der Waals surface area contributed by atoms with Crippen molar-refractivity contribution in [3.8, 4) is 5.75 Å². The van der Waals surface area contributed by atoms with Crippen LogP contribution in [-0.4, -0.2) is 5.97 Å². The highest BCUT2D eigenvalue weighted by Crippen LogP contribution is 2.18. The molecule has 0 fully saturated rings. The number of hydrogen-bond acceptors (Lipinski definition) is 3. The number of para-hydroxylation sites is 1. The third-order valence-corrected chi connectivity index (χ3v) is 4.38. The fourth-order valence-electron chi connectivity index (χ4n) is 2.86. The Morgan fingerprint density at radius 2 is 1.52 bits per heavy atom. The van der Waals surface area contributed by atoms with Crippen molar-refractivity contribution < 1.29 is 9.53 Å². The van der Waals surface area contributed by atoms with Crippen LogP contribution in [-0.2, 0) is 6.42 Å². The quantitative estimate of drug-likeness (QED) is 0.258. The zero-order valence-corrected chi connectivity index (χ0v) is 15.2. The van der Waals surface area contributed by atoms with Gasteiger partial charge in [0, 0.05) is 5.69 Å². The van der Waals surface area contributed by atoms with E-state index >= 15 is 0 Å². The van der Waals surface area contributed by atoms with Crippen molar-refractivity contribution in [3.63, 3.8) is 0 Å². The SMILES string of the molecule is CCCCCCCCCc1ccc(OC(=O)c2ccccc2N)cc1. The molecule has 2 aromatic carbocycles. The summed E-state index contributed by atoms with van der Waals surface area (Å²) in [7, 11) is 0. The molecule has 134 valence electrons. The third kappa shape index (κ3) is 6.61. The number of anilines is 1. The molecule has 0 saturated heterocycles. The molecule has 2 aromatic rings. The number of benzene rings is 2. The van der Waals surface area contributed by atoms with Crippen molar-refractivity contribution in [2.45, 2.75) is 58.3 Å². The number of carbonyl (C=O) groups excluding carboxylic acids is 1. The van der Waals surface area contributed by atoms with E-state index in [0.29, 0.717) is 17.0 Å². The number of unbranched alkanes of at least 4 members (excludes halogenated alkanes) is 6. The highest BCUT2D eigenvalue weighted by atomic mass is 16.5. The van der Waals surface area contributed by atoms with Gasteiger partial charge in [0.1, 0.15) is 5.75 Å². The largest absolute Gasteiger partial charge is 0.423 e. The van der Waals surface area contributed by atoms with Gasteiger partial charge in [0.2, 0.25) is 0 Å². The van der Waals surface area contributed by atoms with E-state index in [1.165, 1.54) is 50.5 Å². The molecule has 2 rings (SSSR count). The van der Waals surface area contributed by atoms with Crippen LogP contribution in [0.5, 0.6) is 5.75 Å².